The second-order valence-corrected chi connectivity index (χ2v) is 8.29. The zero-order chi connectivity index (χ0) is 24.4. The first kappa shape index (κ1) is 22.9. The van der Waals surface area contributed by atoms with Gasteiger partial charge < -0.3 is 18.9 Å². The Morgan fingerprint density at radius 1 is 1.03 bits per heavy atom. The van der Waals surface area contributed by atoms with E-state index in [1.54, 1.807) is 43.5 Å². The first-order valence-corrected chi connectivity index (χ1v) is 11.2. The van der Waals surface area contributed by atoms with Crippen molar-refractivity contribution in [1.29, 1.82) is 0 Å². The second-order valence-electron chi connectivity index (χ2n) is 7.88. The van der Waals surface area contributed by atoms with E-state index >= 15 is 0 Å². The Bertz CT molecular complexity index is 1410. The van der Waals surface area contributed by atoms with Crippen molar-refractivity contribution in [1.82, 2.24) is 9.97 Å². The Hall–Kier alpha value is -3.91. The number of nitrogens with zero attached hydrogens (tertiary/aromatic N) is 2. The standard InChI is InChI=1S/C26H20ClFN2O5/c1-32-22-13-21-23(25-24(22)33-8-9-34-25)26(30-14-29-21)35-19-7-4-16(20(27)12-19)11-18(31)10-15-2-5-17(28)6-3-15/h2-7,12-14H,8-11H2,1H3. The first-order valence-electron chi connectivity index (χ1n) is 10.9. The van der Waals surface area contributed by atoms with Gasteiger partial charge >= 0.3 is 0 Å². The normalized spacial score (nSPS) is 12.4. The van der Waals surface area contributed by atoms with Crippen molar-refractivity contribution in [2.75, 3.05) is 20.3 Å². The SMILES string of the molecule is COc1cc2ncnc(Oc3ccc(CC(=O)Cc4ccc(F)cc4)c(Cl)c3)c2c2c1OCCO2. The fourth-order valence-corrected chi connectivity index (χ4v) is 4.10. The molecular weight excluding hydrogens is 475 g/mol. The van der Waals surface area contributed by atoms with Gasteiger partial charge in [0.15, 0.2) is 11.5 Å². The molecule has 35 heavy (non-hydrogen) atoms. The number of fused-ring (bicyclic) bond motifs is 3. The van der Waals surface area contributed by atoms with Crippen LogP contribution in [0.1, 0.15) is 11.1 Å². The minimum Gasteiger partial charge on any atom is -0.493 e. The second kappa shape index (κ2) is 9.76. The van der Waals surface area contributed by atoms with E-state index in [1.165, 1.54) is 18.5 Å². The van der Waals surface area contributed by atoms with Gasteiger partial charge in [-0.05, 0) is 35.4 Å². The number of methoxy groups -OCH3 is 1. The lowest BCUT2D eigenvalue weighted by Crippen LogP contribution is -2.16. The van der Waals surface area contributed by atoms with Crippen LogP contribution in [0.15, 0.2) is 54.9 Å². The largest absolute Gasteiger partial charge is 0.493 e. The molecule has 9 heteroatoms. The first-order chi connectivity index (χ1) is 17.0. The van der Waals surface area contributed by atoms with Crippen molar-refractivity contribution in [2.24, 2.45) is 0 Å². The number of Topliss-reactive ketones (excluding diaryl/α,β-unsaturated/α-hetero) is 1. The van der Waals surface area contributed by atoms with Crippen LogP contribution >= 0.6 is 11.6 Å². The molecule has 2 heterocycles. The summed E-state index contributed by atoms with van der Waals surface area (Å²) >= 11 is 6.46. The molecule has 5 rings (SSSR count). The highest BCUT2D eigenvalue weighted by molar-refractivity contribution is 6.31. The van der Waals surface area contributed by atoms with E-state index in [2.05, 4.69) is 9.97 Å². The molecule has 0 atom stereocenters. The highest BCUT2D eigenvalue weighted by Crippen LogP contribution is 2.47. The lowest BCUT2D eigenvalue weighted by molar-refractivity contribution is -0.117. The van der Waals surface area contributed by atoms with Crippen LogP contribution < -0.4 is 18.9 Å². The number of rotatable bonds is 7. The summed E-state index contributed by atoms with van der Waals surface area (Å²) in [4.78, 5) is 21.1. The average Bonchev–Trinajstić information content (AvgIpc) is 2.86. The topological polar surface area (TPSA) is 79.8 Å². The maximum Gasteiger partial charge on any atom is 0.234 e. The van der Waals surface area contributed by atoms with Gasteiger partial charge in [-0.1, -0.05) is 29.8 Å². The molecule has 0 amide bonds. The maximum atomic E-state index is 13.1. The van der Waals surface area contributed by atoms with Crippen molar-refractivity contribution in [2.45, 2.75) is 12.8 Å². The number of ether oxygens (including phenoxy) is 4. The molecule has 7 nitrogen and oxygen atoms in total. The highest BCUT2D eigenvalue weighted by atomic mass is 35.5. The van der Waals surface area contributed by atoms with Gasteiger partial charge in [0.2, 0.25) is 11.6 Å². The molecule has 1 aromatic heterocycles. The third-order valence-corrected chi connectivity index (χ3v) is 5.86. The number of hydrogen-bond donors (Lipinski definition) is 0. The fraction of sp³-hybridized carbons (Fsp3) is 0.192. The molecule has 0 saturated carbocycles. The van der Waals surface area contributed by atoms with Crippen LogP contribution in [0.3, 0.4) is 0 Å². The molecule has 1 aliphatic heterocycles. The fourth-order valence-electron chi connectivity index (χ4n) is 3.86. The smallest absolute Gasteiger partial charge is 0.234 e. The lowest BCUT2D eigenvalue weighted by atomic mass is 10.0. The summed E-state index contributed by atoms with van der Waals surface area (Å²) in [5.74, 6) is 1.77. The predicted octanol–water partition coefficient (Wildman–Crippen LogP) is 5.35. The number of halogens is 2. The molecular formula is C26H20ClFN2O5. The molecule has 0 spiro atoms. The Kier molecular flexibility index (Phi) is 6.37. The van der Waals surface area contributed by atoms with Gasteiger partial charge in [0.1, 0.15) is 42.3 Å². The minimum absolute atomic E-state index is 0.0355. The summed E-state index contributed by atoms with van der Waals surface area (Å²) in [6.07, 6.45) is 1.72. The van der Waals surface area contributed by atoms with Gasteiger partial charge in [-0.15, -0.1) is 0 Å². The van der Waals surface area contributed by atoms with Gasteiger partial charge in [0.05, 0.1) is 12.6 Å². The zero-order valence-electron chi connectivity index (χ0n) is 18.7. The van der Waals surface area contributed by atoms with Crippen LogP contribution in [0, 0.1) is 5.82 Å². The molecule has 178 valence electrons. The van der Waals surface area contributed by atoms with Gasteiger partial charge in [-0.3, -0.25) is 4.79 Å². The molecule has 0 aliphatic carbocycles. The van der Waals surface area contributed by atoms with Crippen molar-refractivity contribution >= 4 is 28.3 Å². The lowest BCUT2D eigenvalue weighted by Gasteiger charge is -2.22. The quantitative estimate of drug-likeness (QED) is 0.342. The third kappa shape index (κ3) is 4.83. The molecule has 0 bridgehead atoms. The van der Waals surface area contributed by atoms with Gasteiger partial charge in [-0.25, -0.2) is 14.4 Å². The van der Waals surface area contributed by atoms with Crippen LogP contribution in [0.5, 0.6) is 28.9 Å². The molecule has 4 aromatic rings. The van der Waals surface area contributed by atoms with E-state index in [4.69, 9.17) is 30.5 Å². The van der Waals surface area contributed by atoms with Crippen LogP contribution in [0.4, 0.5) is 4.39 Å². The predicted molar refractivity (Wildman–Crippen MR) is 127 cm³/mol. The molecule has 0 unspecified atom stereocenters. The molecule has 0 fully saturated rings. The summed E-state index contributed by atoms with van der Waals surface area (Å²) in [6.45, 7) is 0.770. The van der Waals surface area contributed by atoms with Crippen molar-refractivity contribution in [3.05, 3.63) is 76.8 Å². The van der Waals surface area contributed by atoms with Gasteiger partial charge in [0, 0.05) is 23.9 Å². The van der Waals surface area contributed by atoms with Crippen LogP contribution in [-0.4, -0.2) is 36.1 Å². The van der Waals surface area contributed by atoms with Crippen molar-refractivity contribution in [3.8, 4) is 28.9 Å². The van der Waals surface area contributed by atoms with E-state index in [1.807, 2.05) is 0 Å². The molecule has 3 aromatic carbocycles. The number of aromatic nitrogens is 2. The summed E-state index contributed by atoms with van der Waals surface area (Å²) in [7, 11) is 1.55. The Balaban J connectivity index is 1.38. The molecule has 0 radical (unpaired) electrons. The monoisotopic (exact) mass is 494 g/mol. The molecule has 0 N–H and O–H groups in total. The summed E-state index contributed by atoms with van der Waals surface area (Å²) in [5.41, 5.74) is 1.98. The van der Waals surface area contributed by atoms with E-state index in [0.29, 0.717) is 57.7 Å². The summed E-state index contributed by atoms with van der Waals surface area (Å²) < 4.78 is 36.1. The molecule has 0 saturated heterocycles. The number of hydrogen-bond acceptors (Lipinski definition) is 7. The van der Waals surface area contributed by atoms with E-state index in [9.17, 15) is 9.18 Å². The number of ketones is 1. The Labute approximate surface area is 205 Å². The van der Waals surface area contributed by atoms with Crippen LogP contribution in [0.25, 0.3) is 10.9 Å². The summed E-state index contributed by atoms with van der Waals surface area (Å²) in [6, 6.07) is 12.7. The minimum atomic E-state index is -0.338. The highest BCUT2D eigenvalue weighted by Gasteiger charge is 2.25. The average molecular weight is 495 g/mol. The van der Waals surface area contributed by atoms with E-state index in [-0.39, 0.29) is 30.3 Å². The van der Waals surface area contributed by atoms with Crippen molar-refractivity contribution in [3.63, 3.8) is 0 Å². The van der Waals surface area contributed by atoms with Crippen molar-refractivity contribution < 1.29 is 28.1 Å². The number of benzene rings is 3. The van der Waals surface area contributed by atoms with Gasteiger partial charge in [0.25, 0.3) is 0 Å². The van der Waals surface area contributed by atoms with Gasteiger partial charge in [-0.2, -0.15) is 0 Å². The summed E-state index contributed by atoms with van der Waals surface area (Å²) in [5, 5.41) is 0.939. The van der Waals surface area contributed by atoms with E-state index in [0.717, 1.165) is 5.56 Å². The maximum absolute atomic E-state index is 13.1. The van der Waals surface area contributed by atoms with Crippen LogP contribution in [0.2, 0.25) is 5.02 Å². The number of carbonyl (C=O) groups excluding carboxylic acids is 1. The zero-order valence-corrected chi connectivity index (χ0v) is 19.5. The molecule has 1 aliphatic rings. The Morgan fingerprint density at radius 2 is 1.80 bits per heavy atom. The number of carbonyl (C=O) groups is 1. The Morgan fingerprint density at radius 3 is 2.54 bits per heavy atom. The third-order valence-electron chi connectivity index (χ3n) is 5.50. The van der Waals surface area contributed by atoms with Crippen LogP contribution in [-0.2, 0) is 17.6 Å². The van der Waals surface area contributed by atoms with E-state index < -0.39 is 0 Å².